The van der Waals surface area contributed by atoms with Gasteiger partial charge < -0.3 is 9.33 Å². The van der Waals surface area contributed by atoms with Gasteiger partial charge in [0.25, 0.3) is 0 Å². The van der Waals surface area contributed by atoms with Gasteiger partial charge in [-0.25, -0.2) is 9.97 Å². The Morgan fingerprint density at radius 1 is 1.02 bits per heavy atom. The van der Waals surface area contributed by atoms with Crippen molar-refractivity contribution in [3.8, 4) is 17.5 Å². The number of rotatable bonds is 9. The Balaban J connectivity index is 1.55. The standard InChI is InChI=1S/C36H49N5OSi/c1-8-27-15-12-16-28(9-2)33(27)34-38-26(3)31(24-40(4)32-19-13-17-29-14-10-11-18-30(29)32)35(39-34)41-22-20-36(25-37,21-23-41)42-43(5,6)7/h10-12,14-16,18,32H,8-9,13,17,19-24H2,1-7H3/t32-/m0/s1. The monoisotopic (exact) mass is 595 g/mol. The SMILES string of the molecule is CCc1cccc(CC)c1-c1nc(C)c(CN(C)[C@H]2CCCc3ccccc32)c(N2CCC(C#N)(O[Si](C)(C)C)CC2)n1. The van der Waals surface area contributed by atoms with Crippen LogP contribution in [-0.4, -0.2) is 48.9 Å². The van der Waals surface area contributed by atoms with Gasteiger partial charge in [0, 0.05) is 55.3 Å². The largest absolute Gasteiger partial charge is 0.400 e. The first-order valence-corrected chi connectivity index (χ1v) is 19.6. The van der Waals surface area contributed by atoms with Crippen molar-refractivity contribution in [3.05, 3.63) is 76.0 Å². The van der Waals surface area contributed by atoms with Crippen LogP contribution in [0.3, 0.4) is 0 Å². The number of nitrogens with zero attached hydrogens (tertiary/aromatic N) is 5. The first kappa shape index (κ1) is 31.4. The highest BCUT2D eigenvalue weighted by molar-refractivity contribution is 6.69. The van der Waals surface area contributed by atoms with E-state index in [4.69, 9.17) is 14.4 Å². The molecular weight excluding hydrogens is 547 g/mol. The second-order valence-corrected chi connectivity index (χ2v) is 17.9. The summed E-state index contributed by atoms with van der Waals surface area (Å²) in [4.78, 5) is 15.5. The van der Waals surface area contributed by atoms with Gasteiger partial charge in [0.15, 0.2) is 14.1 Å². The zero-order chi connectivity index (χ0) is 30.8. The van der Waals surface area contributed by atoms with E-state index in [1.165, 1.54) is 39.8 Å². The molecule has 7 heteroatoms. The summed E-state index contributed by atoms with van der Waals surface area (Å²) in [5.41, 5.74) is 8.22. The molecule has 0 spiro atoms. The van der Waals surface area contributed by atoms with Crippen molar-refractivity contribution in [1.82, 2.24) is 14.9 Å². The molecule has 0 bridgehead atoms. The molecule has 0 N–H and O–H groups in total. The van der Waals surface area contributed by atoms with Crippen molar-refractivity contribution >= 4 is 14.1 Å². The number of hydrogen-bond acceptors (Lipinski definition) is 6. The van der Waals surface area contributed by atoms with Crippen LogP contribution >= 0.6 is 0 Å². The minimum atomic E-state index is -1.88. The second kappa shape index (κ2) is 12.9. The molecule has 2 heterocycles. The molecule has 1 aliphatic heterocycles. The summed E-state index contributed by atoms with van der Waals surface area (Å²) in [6.07, 6.45) is 6.77. The smallest absolute Gasteiger partial charge is 0.185 e. The van der Waals surface area contributed by atoms with Crippen LogP contribution in [0.1, 0.15) is 79.1 Å². The fourth-order valence-corrected chi connectivity index (χ4v) is 8.54. The van der Waals surface area contributed by atoms with Crippen molar-refractivity contribution in [2.24, 2.45) is 0 Å². The maximum Gasteiger partial charge on any atom is 0.185 e. The third-order valence-electron chi connectivity index (χ3n) is 9.27. The molecule has 0 unspecified atom stereocenters. The number of nitriles is 1. The number of piperidine rings is 1. The second-order valence-electron chi connectivity index (χ2n) is 13.4. The molecule has 0 saturated carbocycles. The summed E-state index contributed by atoms with van der Waals surface area (Å²) in [5, 5.41) is 10.2. The van der Waals surface area contributed by atoms with E-state index in [1.807, 2.05) is 0 Å². The molecule has 1 atom stereocenters. The lowest BCUT2D eigenvalue weighted by molar-refractivity contribution is 0.0913. The van der Waals surface area contributed by atoms with Gasteiger partial charge in [-0.2, -0.15) is 5.26 Å². The maximum absolute atomic E-state index is 10.2. The lowest BCUT2D eigenvalue weighted by Gasteiger charge is -2.42. The van der Waals surface area contributed by atoms with E-state index in [9.17, 15) is 5.26 Å². The minimum Gasteiger partial charge on any atom is -0.400 e. The molecule has 3 aromatic rings. The van der Waals surface area contributed by atoms with Gasteiger partial charge in [0.1, 0.15) is 11.4 Å². The Labute approximate surface area is 260 Å². The number of aryl methyl sites for hydroxylation is 4. The van der Waals surface area contributed by atoms with Crippen LogP contribution in [0.25, 0.3) is 11.4 Å². The molecule has 0 amide bonds. The minimum absolute atomic E-state index is 0.377. The van der Waals surface area contributed by atoms with Gasteiger partial charge in [-0.05, 0) is 88.0 Å². The van der Waals surface area contributed by atoms with Crippen molar-refractivity contribution in [3.63, 3.8) is 0 Å². The average Bonchev–Trinajstić information content (AvgIpc) is 3.00. The van der Waals surface area contributed by atoms with Crippen LogP contribution < -0.4 is 4.90 Å². The molecule has 0 radical (unpaired) electrons. The number of benzene rings is 2. The predicted molar refractivity (Wildman–Crippen MR) is 179 cm³/mol. The quantitative estimate of drug-likeness (QED) is 0.235. The fraction of sp³-hybridized carbons (Fsp3) is 0.528. The molecule has 5 rings (SSSR count). The van der Waals surface area contributed by atoms with Gasteiger partial charge >= 0.3 is 0 Å². The van der Waals surface area contributed by atoms with Crippen molar-refractivity contribution in [2.45, 2.75) is 104 Å². The van der Waals surface area contributed by atoms with E-state index < -0.39 is 13.9 Å². The number of hydrogen-bond donors (Lipinski definition) is 0. The molecule has 6 nitrogen and oxygen atoms in total. The Morgan fingerprint density at radius 2 is 1.70 bits per heavy atom. The fourth-order valence-electron chi connectivity index (χ4n) is 7.12. The molecular formula is C36H49N5OSi. The summed E-state index contributed by atoms with van der Waals surface area (Å²) in [6, 6.07) is 18.5. The molecule has 2 aromatic carbocycles. The third-order valence-corrected chi connectivity index (χ3v) is 10.3. The first-order valence-electron chi connectivity index (χ1n) is 16.2. The van der Waals surface area contributed by atoms with E-state index in [0.717, 1.165) is 62.7 Å². The van der Waals surface area contributed by atoms with Crippen LogP contribution in [0.15, 0.2) is 42.5 Å². The average molecular weight is 596 g/mol. The molecule has 1 fully saturated rings. The highest BCUT2D eigenvalue weighted by atomic mass is 28.4. The van der Waals surface area contributed by atoms with Crippen LogP contribution in [0.5, 0.6) is 0 Å². The molecule has 1 aromatic heterocycles. The highest BCUT2D eigenvalue weighted by Gasteiger charge is 2.40. The number of aromatic nitrogens is 2. The Hall–Kier alpha value is -3.05. The highest BCUT2D eigenvalue weighted by Crippen LogP contribution is 2.38. The van der Waals surface area contributed by atoms with Gasteiger partial charge in [-0.1, -0.05) is 56.3 Å². The zero-order valence-corrected chi connectivity index (χ0v) is 28.3. The van der Waals surface area contributed by atoms with E-state index in [1.54, 1.807) is 0 Å². The summed E-state index contributed by atoms with van der Waals surface area (Å²) in [7, 11) is 0.377. The number of fused-ring (bicyclic) bond motifs is 1. The van der Waals surface area contributed by atoms with Crippen molar-refractivity contribution < 1.29 is 4.43 Å². The summed E-state index contributed by atoms with van der Waals surface area (Å²) >= 11 is 0. The summed E-state index contributed by atoms with van der Waals surface area (Å²) in [6.45, 7) is 15.4. The Bertz CT molecular complexity index is 1460. The maximum atomic E-state index is 10.2. The Morgan fingerprint density at radius 3 is 2.33 bits per heavy atom. The van der Waals surface area contributed by atoms with Crippen molar-refractivity contribution in [1.29, 1.82) is 5.26 Å². The van der Waals surface area contributed by atoms with Crippen LogP contribution in [-0.2, 0) is 30.2 Å². The van der Waals surface area contributed by atoms with Gasteiger partial charge in [0.2, 0.25) is 0 Å². The van der Waals surface area contributed by atoms with Crippen LogP contribution in [0, 0.1) is 18.3 Å². The zero-order valence-electron chi connectivity index (χ0n) is 27.3. The topological polar surface area (TPSA) is 65.3 Å². The Kier molecular flexibility index (Phi) is 9.41. The van der Waals surface area contributed by atoms with Gasteiger partial charge in [0.05, 0.1) is 6.07 Å². The molecule has 228 valence electrons. The lowest BCUT2D eigenvalue weighted by atomic mass is 9.87. The van der Waals surface area contributed by atoms with Crippen LogP contribution in [0.2, 0.25) is 19.6 Å². The predicted octanol–water partition coefficient (Wildman–Crippen LogP) is 7.80. The van der Waals surface area contributed by atoms with Gasteiger partial charge in [-0.3, -0.25) is 4.90 Å². The summed E-state index contributed by atoms with van der Waals surface area (Å²) < 4.78 is 6.49. The van der Waals surface area contributed by atoms with Crippen molar-refractivity contribution in [2.75, 3.05) is 25.0 Å². The van der Waals surface area contributed by atoms with E-state index in [2.05, 4.69) is 106 Å². The lowest BCUT2D eigenvalue weighted by Crippen LogP contribution is -2.50. The van der Waals surface area contributed by atoms with Crippen LogP contribution in [0.4, 0.5) is 5.82 Å². The van der Waals surface area contributed by atoms with Gasteiger partial charge in [-0.15, -0.1) is 0 Å². The summed E-state index contributed by atoms with van der Waals surface area (Å²) in [5.74, 6) is 1.85. The molecule has 2 aliphatic rings. The van der Waals surface area contributed by atoms with E-state index in [-0.39, 0.29) is 0 Å². The third kappa shape index (κ3) is 6.72. The number of anilines is 1. The molecule has 1 aliphatic carbocycles. The van der Waals surface area contributed by atoms with E-state index in [0.29, 0.717) is 18.9 Å². The molecule has 1 saturated heterocycles. The normalized spacial score (nSPS) is 18.4. The molecule has 43 heavy (non-hydrogen) atoms. The van der Waals surface area contributed by atoms with E-state index >= 15 is 0 Å². The first-order chi connectivity index (χ1) is 20.6.